The maximum Gasteiger partial charge on any atom is 0.276 e. The molecule has 0 aliphatic carbocycles. The average molecular weight is 406 g/mol. The zero-order valence-corrected chi connectivity index (χ0v) is 15.8. The lowest BCUT2D eigenvalue weighted by Gasteiger charge is -2.07. The molecule has 0 bridgehead atoms. The van der Waals surface area contributed by atoms with Crippen molar-refractivity contribution < 1.29 is 14.0 Å². The molecule has 2 N–H and O–H groups in total. The quantitative estimate of drug-likeness (QED) is 0.509. The van der Waals surface area contributed by atoms with Gasteiger partial charge in [-0.15, -0.1) is 11.3 Å². The number of hydrogen-bond acceptors (Lipinski definition) is 4. The SMILES string of the molecule is O=C(Nc1cccc(NC(=O)c2cccs2)c1)c1ccn(-c2ccc(F)cc2)n1. The summed E-state index contributed by atoms with van der Waals surface area (Å²) in [6.07, 6.45) is 1.62. The Labute approximate surface area is 169 Å². The van der Waals surface area contributed by atoms with Crippen LogP contribution < -0.4 is 10.6 Å². The first kappa shape index (κ1) is 18.6. The van der Waals surface area contributed by atoms with E-state index in [1.165, 1.54) is 28.2 Å². The molecule has 0 aliphatic heterocycles. The molecule has 0 fully saturated rings. The second-order valence-electron chi connectivity index (χ2n) is 6.09. The largest absolute Gasteiger partial charge is 0.321 e. The van der Waals surface area contributed by atoms with E-state index in [4.69, 9.17) is 0 Å². The maximum atomic E-state index is 13.1. The summed E-state index contributed by atoms with van der Waals surface area (Å²) in [7, 11) is 0. The molecule has 2 aromatic carbocycles. The molecule has 0 spiro atoms. The molecule has 0 radical (unpaired) electrons. The fourth-order valence-electron chi connectivity index (χ4n) is 2.65. The summed E-state index contributed by atoms with van der Waals surface area (Å²) >= 11 is 1.35. The van der Waals surface area contributed by atoms with E-state index in [9.17, 15) is 14.0 Å². The summed E-state index contributed by atoms with van der Waals surface area (Å²) < 4.78 is 14.5. The molecular formula is C21H15FN4O2S. The highest BCUT2D eigenvalue weighted by Gasteiger charge is 2.12. The number of hydrogen-bond donors (Lipinski definition) is 2. The zero-order valence-electron chi connectivity index (χ0n) is 15.0. The predicted octanol–water partition coefficient (Wildman–Crippen LogP) is 4.58. The first-order valence-corrected chi connectivity index (χ1v) is 9.54. The third-order valence-electron chi connectivity index (χ3n) is 4.04. The molecule has 2 amide bonds. The van der Waals surface area contributed by atoms with Gasteiger partial charge in [-0.3, -0.25) is 9.59 Å². The molecule has 144 valence electrons. The van der Waals surface area contributed by atoms with Crippen molar-refractivity contribution in [2.24, 2.45) is 0 Å². The van der Waals surface area contributed by atoms with Gasteiger partial charge in [0.05, 0.1) is 10.6 Å². The Balaban J connectivity index is 1.45. The number of halogens is 1. The highest BCUT2D eigenvalue weighted by Crippen LogP contribution is 2.18. The number of carbonyl (C=O) groups is 2. The van der Waals surface area contributed by atoms with Crippen molar-refractivity contribution in [2.45, 2.75) is 0 Å². The minimum absolute atomic E-state index is 0.207. The molecule has 29 heavy (non-hydrogen) atoms. The fraction of sp³-hybridized carbons (Fsp3) is 0. The van der Waals surface area contributed by atoms with E-state index in [0.717, 1.165) is 0 Å². The molecule has 0 aliphatic rings. The minimum atomic E-state index is -0.396. The second-order valence-corrected chi connectivity index (χ2v) is 7.04. The normalized spacial score (nSPS) is 10.5. The number of benzene rings is 2. The topological polar surface area (TPSA) is 76.0 Å². The molecule has 0 saturated heterocycles. The van der Waals surface area contributed by atoms with Crippen LogP contribution in [0.3, 0.4) is 0 Å². The average Bonchev–Trinajstić information content (AvgIpc) is 3.41. The monoisotopic (exact) mass is 406 g/mol. The lowest BCUT2D eigenvalue weighted by molar-refractivity contribution is 0.101. The Bertz CT molecular complexity index is 1150. The predicted molar refractivity (Wildman–Crippen MR) is 110 cm³/mol. The molecule has 0 atom stereocenters. The maximum absolute atomic E-state index is 13.1. The number of thiophene rings is 1. The first-order chi connectivity index (χ1) is 14.1. The highest BCUT2D eigenvalue weighted by atomic mass is 32.1. The van der Waals surface area contributed by atoms with Crippen LogP contribution in [0.1, 0.15) is 20.2 Å². The van der Waals surface area contributed by atoms with Gasteiger partial charge in [0.1, 0.15) is 5.82 Å². The summed E-state index contributed by atoms with van der Waals surface area (Å²) in [6.45, 7) is 0. The summed E-state index contributed by atoms with van der Waals surface area (Å²) in [5.41, 5.74) is 1.94. The Kier molecular flexibility index (Phi) is 5.17. The molecule has 0 saturated carbocycles. The number of amides is 2. The van der Waals surface area contributed by atoms with Crippen LogP contribution in [-0.2, 0) is 0 Å². The van der Waals surface area contributed by atoms with Gasteiger partial charge in [0.25, 0.3) is 11.8 Å². The number of rotatable bonds is 5. The van der Waals surface area contributed by atoms with Gasteiger partial charge in [-0.2, -0.15) is 5.10 Å². The molecule has 6 nitrogen and oxygen atoms in total. The summed E-state index contributed by atoms with van der Waals surface area (Å²) in [6, 6.07) is 17.8. The second kappa shape index (κ2) is 8.07. The van der Waals surface area contributed by atoms with Gasteiger partial charge in [0, 0.05) is 17.6 Å². The van der Waals surface area contributed by atoms with Crippen LogP contribution in [0.2, 0.25) is 0 Å². The third-order valence-corrected chi connectivity index (χ3v) is 4.90. The van der Waals surface area contributed by atoms with E-state index < -0.39 is 5.91 Å². The van der Waals surface area contributed by atoms with Crippen LogP contribution in [0.4, 0.5) is 15.8 Å². The van der Waals surface area contributed by atoms with Crippen molar-refractivity contribution in [3.63, 3.8) is 0 Å². The lowest BCUT2D eigenvalue weighted by Crippen LogP contribution is -2.14. The Morgan fingerprint density at radius 2 is 1.62 bits per heavy atom. The van der Waals surface area contributed by atoms with E-state index in [-0.39, 0.29) is 17.4 Å². The Morgan fingerprint density at radius 1 is 0.897 bits per heavy atom. The molecule has 2 aromatic heterocycles. The van der Waals surface area contributed by atoms with Gasteiger partial charge < -0.3 is 10.6 Å². The fourth-order valence-corrected chi connectivity index (χ4v) is 3.27. The first-order valence-electron chi connectivity index (χ1n) is 8.66. The van der Waals surface area contributed by atoms with Gasteiger partial charge in [-0.1, -0.05) is 12.1 Å². The smallest absolute Gasteiger partial charge is 0.276 e. The van der Waals surface area contributed by atoms with E-state index in [1.807, 2.05) is 5.38 Å². The Morgan fingerprint density at radius 3 is 2.31 bits per heavy atom. The molecule has 2 heterocycles. The summed E-state index contributed by atoms with van der Waals surface area (Å²) in [5, 5.41) is 11.6. The van der Waals surface area contributed by atoms with Crippen LogP contribution in [0.15, 0.2) is 78.3 Å². The third kappa shape index (κ3) is 4.39. The number of carbonyl (C=O) groups excluding carboxylic acids is 2. The minimum Gasteiger partial charge on any atom is -0.321 e. The van der Waals surface area contributed by atoms with E-state index in [1.54, 1.807) is 60.8 Å². The van der Waals surface area contributed by atoms with E-state index in [2.05, 4.69) is 15.7 Å². The number of nitrogens with zero attached hydrogens (tertiary/aromatic N) is 2. The van der Waals surface area contributed by atoms with Gasteiger partial charge in [0.15, 0.2) is 5.69 Å². The summed E-state index contributed by atoms with van der Waals surface area (Å²) in [4.78, 5) is 25.3. The van der Waals surface area contributed by atoms with Gasteiger partial charge >= 0.3 is 0 Å². The van der Waals surface area contributed by atoms with Crippen LogP contribution >= 0.6 is 11.3 Å². The molecule has 4 aromatic rings. The van der Waals surface area contributed by atoms with Crippen LogP contribution in [0, 0.1) is 5.82 Å². The lowest BCUT2D eigenvalue weighted by atomic mass is 10.2. The van der Waals surface area contributed by atoms with Crippen LogP contribution in [0.25, 0.3) is 5.69 Å². The van der Waals surface area contributed by atoms with Crippen molar-refractivity contribution in [1.82, 2.24) is 9.78 Å². The van der Waals surface area contributed by atoms with Crippen molar-refractivity contribution in [2.75, 3.05) is 10.6 Å². The molecule has 8 heteroatoms. The number of aromatic nitrogens is 2. The van der Waals surface area contributed by atoms with E-state index >= 15 is 0 Å². The van der Waals surface area contributed by atoms with Gasteiger partial charge in [-0.05, 0) is 60.0 Å². The van der Waals surface area contributed by atoms with Crippen LogP contribution in [0.5, 0.6) is 0 Å². The highest BCUT2D eigenvalue weighted by molar-refractivity contribution is 7.12. The van der Waals surface area contributed by atoms with Crippen molar-refractivity contribution >= 4 is 34.5 Å². The van der Waals surface area contributed by atoms with E-state index in [0.29, 0.717) is 21.9 Å². The number of nitrogens with one attached hydrogen (secondary N) is 2. The Hall–Kier alpha value is -3.78. The standard InChI is InChI=1S/C21H15FN4O2S/c22-14-6-8-17(9-7-14)26-11-10-18(25-26)20(27)23-15-3-1-4-16(13-15)24-21(28)19-5-2-12-29-19/h1-13H,(H,23,27)(H,24,28). The van der Waals surface area contributed by atoms with Crippen LogP contribution in [-0.4, -0.2) is 21.6 Å². The van der Waals surface area contributed by atoms with Crippen molar-refractivity contribution in [1.29, 1.82) is 0 Å². The summed E-state index contributed by atoms with van der Waals surface area (Å²) in [5.74, 6) is -0.945. The van der Waals surface area contributed by atoms with Crippen molar-refractivity contribution in [3.05, 3.63) is 94.7 Å². The van der Waals surface area contributed by atoms with Gasteiger partial charge in [-0.25, -0.2) is 9.07 Å². The number of anilines is 2. The molecular weight excluding hydrogens is 391 g/mol. The molecule has 4 rings (SSSR count). The molecule has 0 unspecified atom stereocenters. The van der Waals surface area contributed by atoms with Gasteiger partial charge in [0.2, 0.25) is 0 Å². The van der Waals surface area contributed by atoms with Crippen molar-refractivity contribution in [3.8, 4) is 5.69 Å². The zero-order chi connectivity index (χ0) is 20.2.